The van der Waals surface area contributed by atoms with E-state index in [9.17, 15) is 14.4 Å². The molecule has 5 rings (SSSR count). The molecule has 1 aromatic heterocycles. The van der Waals surface area contributed by atoms with E-state index in [1.165, 1.54) is 20.2 Å². The smallest absolute Gasteiger partial charge is 0.311 e. The second kappa shape index (κ2) is 9.90. The van der Waals surface area contributed by atoms with Gasteiger partial charge < -0.3 is 20.1 Å². The van der Waals surface area contributed by atoms with Gasteiger partial charge in [-0.25, -0.2) is 4.68 Å². The summed E-state index contributed by atoms with van der Waals surface area (Å²) in [6.45, 7) is 9.76. The van der Waals surface area contributed by atoms with Crippen LogP contribution in [0.25, 0.3) is 6.20 Å². The Balaban J connectivity index is 1.53. The molecule has 0 saturated heterocycles. The van der Waals surface area contributed by atoms with Gasteiger partial charge in [0.1, 0.15) is 5.56 Å². The summed E-state index contributed by atoms with van der Waals surface area (Å²) < 4.78 is 12.8. The van der Waals surface area contributed by atoms with E-state index in [0.717, 1.165) is 32.1 Å². The largest absolute Gasteiger partial charge is 0.477 e. The molecule has 9 nitrogen and oxygen atoms in total. The summed E-state index contributed by atoms with van der Waals surface area (Å²) in [5.41, 5.74) is -0.589. The first-order chi connectivity index (χ1) is 16.9. The van der Waals surface area contributed by atoms with E-state index in [-0.39, 0.29) is 47.0 Å². The fourth-order valence-electron chi connectivity index (χ4n) is 6.71. The molecule has 2 amide bonds. The van der Waals surface area contributed by atoms with Gasteiger partial charge in [-0.15, -0.1) is 0 Å². The van der Waals surface area contributed by atoms with Crippen molar-refractivity contribution < 1.29 is 23.9 Å². The van der Waals surface area contributed by atoms with Crippen molar-refractivity contribution in [1.82, 2.24) is 20.4 Å². The number of aromatic nitrogens is 2. The van der Waals surface area contributed by atoms with Crippen molar-refractivity contribution in [3.8, 4) is 5.88 Å². The van der Waals surface area contributed by atoms with Gasteiger partial charge in [0.15, 0.2) is 0 Å². The van der Waals surface area contributed by atoms with Crippen molar-refractivity contribution in [1.29, 1.82) is 0 Å². The maximum atomic E-state index is 13.5. The van der Waals surface area contributed by atoms with Crippen molar-refractivity contribution in [2.24, 2.45) is 29.1 Å². The quantitative estimate of drug-likeness (QED) is 0.503. The highest BCUT2D eigenvalue weighted by Crippen LogP contribution is 2.60. The number of esters is 1. The molecule has 0 aromatic carbocycles. The molecule has 1 heterocycles. The minimum Gasteiger partial charge on any atom is -0.477 e. The van der Waals surface area contributed by atoms with Gasteiger partial charge in [-0.1, -0.05) is 13.8 Å². The molecule has 4 aliphatic carbocycles. The molecule has 4 fully saturated rings. The topological polar surface area (TPSA) is 112 Å². The van der Waals surface area contributed by atoms with E-state index in [1.54, 1.807) is 10.9 Å². The molecular formula is C27H40N4O5. The predicted molar refractivity (Wildman–Crippen MR) is 135 cm³/mol. The van der Waals surface area contributed by atoms with Gasteiger partial charge in [0.05, 0.1) is 30.9 Å². The lowest BCUT2D eigenvalue weighted by Crippen LogP contribution is -2.61. The number of methoxy groups -OCH3 is 1. The molecular weight excluding hydrogens is 460 g/mol. The molecule has 2 atom stereocenters. The van der Waals surface area contributed by atoms with Crippen LogP contribution in [-0.4, -0.2) is 52.9 Å². The van der Waals surface area contributed by atoms with E-state index in [0.29, 0.717) is 24.0 Å². The number of carbonyl (C=O) groups excluding carboxylic acids is 3. The van der Waals surface area contributed by atoms with E-state index >= 15 is 0 Å². The van der Waals surface area contributed by atoms with Gasteiger partial charge in [-0.2, -0.15) is 5.10 Å². The standard InChI is InChI=1S/C27H40N4O5/c1-16(2)15-36-24-21(14-28-31(24)8-7-26(4,5)30-17(3)32)23(33)29-22-19-9-18-10-20(22)13-27(11-18,12-19)25(34)35-6/h7-8,14,16,18-20,22H,9-13,15H2,1-6H3,(H,29,33)(H,30,32). The van der Waals surface area contributed by atoms with E-state index in [2.05, 4.69) is 15.7 Å². The zero-order valence-corrected chi connectivity index (χ0v) is 22.3. The highest BCUT2D eigenvalue weighted by molar-refractivity contribution is 5.96. The summed E-state index contributed by atoms with van der Waals surface area (Å²) in [6, 6.07) is 0.0300. The van der Waals surface area contributed by atoms with Crippen molar-refractivity contribution in [3.63, 3.8) is 0 Å². The number of nitrogens with zero attached hydrogens (tertiary/aromatic N) is 2. The van der Waals surface area contributed by atoms with Gasteiger partial charge in [0.2, 0.25) is 11.8 Å². The molecule has 2 unspecified atom stereocenters. The van der Waals surface area contributed by atoms with Crippen LogP contribution in [0.1, 0.15) is 77.1 Å². The van der Waals surface area contributed by atoms with Crippen LogP contribution < -0.4 is 15.4 Å². The van der Waals surface area contributed by atoms with Crippen LogP contribution in [0.15, 0.2) is 12.3 Å². The third kappa shape index (κ3) is 5.30. The van der Waals surface area contributed by atoms with Crippen molar-refractivity contribution in [2.45, 2.75) is 78.3 Å². The third-order valence-electron chi connectivity index (χ3n) is 7.87. The second-order valence-electron chi connectivity index (χ2n) is 12.0. The SMILES string of the molecule is COC(=O)C12CC3CC(C1)C(NC(=O)c1cnn(C=CC(C)(C)NC(C)=O)c1OCC(C)C)C(C3)C2. The van der Waals surface area contributed by atoms with Crippen LogP contribution in [0.2, 0.25) is 0 Å². The summed E-state index contributed by atoms with van der Waals surface area (Å²) in [7, 11) is 1.47. The molecule has 4 aliphatic rings. The zero-order chi connectivity index (χ0) is 26.3. The molecule has 0 radical (unpaired) electrons. The fourth-order valence-corrected chi connectivity index (χ4v) is 6.71. The molecule has 2 N–H and O–H groups in total. The molecule has 4 bridgehead atoms. The van der Waals surface area contributed by atoms with E-state index in [1.807, 2.05) is 33.8 Å². The number of nitrogens with one attached hydrogen (secondary N) is 2. The minimum absolute atomic E-state index is 0.0300. The number of hydrogen-bond acceptors (Lipinski definition) is 6. The minimum atomic E-state index is -0.592. The number of ether oxygens (including phenoxy) is 2. The Kier molecular flexibility index (Phi) is 7.21. The highest BCUT2D eigenvalue weighted by atomic mass is 16.5. The van der Waals surface area contributed by atoms with Crippen LogP contribution in [0.5, 0.6) is 5.88 Å². The molecule has 1 aromatic rings. The van der Waals surface area contributed by atoms with Crippen LogP contribution >= 0.6 is 0 Å². The van der Waals surface area contributed by atoms with Crippen LogP contribution in [-0.2, 0) is 14.3 Å². The van der Waals surface area contributed by atoms with Crippen LogP contribution in [0, 0.1) is 29.1 Å². The number of carbonyl (C=O) groups is 3. The van der Waals surface area contributed by atoms with E-state index < -0.39 is 5.54 Å². The normalized spacial score (nSPS) is 29.0. The number of hydrogen-bond donors (Lipinski definition) is 2. The average molecular weight is 501 g/mol. The molecule has 36 heavy (non-hydrogen) atoms. The Morgan fingerprint density at radius 3 is 2.47 bits per heavy atom. The summed E-state index contributed by atoms with van der Waals surface area (Å²) in [5, 5.41) is 10.6. The monoisotopic (exact) mass is 500 g/mol. The fraction of sp³-hybridized carbons (Fsp3) is 0.704. The van der Waals surface area contributed by atoms with Crippen LogP contribution in [0.3, 0.4) is 0 Å². The number of amides is 2. The Labute approximate surface area is 213 Å². The van der Waals surface area contributed by atoms with E-state index in [4.69, 9.17) is 9.47 Å². The lowest BCUT2D eigenvalue weighted by Gasteiger charge is -2.58. The molecule has 0 spiro atoms. The first-order valence-electron chi connectivity index (χ1n) is 13.0. The van der Waals surface area contributed by atoms with Gasteiger partial charge in [-0.05, 0) is 75.7 Å². The zero-order valence-electron chi connectivity index (χ0n) is 22.3. The van der Waals surface area contributed by atoms with Crippen molar-refractivity contribution in [3.05, 3.63) is 17.8 Å². The summed E-state index contributed by atoms with van der Waals surface area (Å²) in [6.07, 6.45) is 9.60. The summed E-state index contributed by atoms with van der Waals surface area (Å²) >= 11 is 0. The number of rotatable bonds is 9. The second-order valence-corrected chi connectivity index (χ2v) is 12.0. The first kappa shape index (κ1) is 26.2. The van der Waals surface area contributed by atoms with Crippen molar-refractivity contribution in [2.75, 3.05) is 13.7 Å². The average Bonchev–Trinajstić information content (AvgIpc) is 3.19. The highest BCUT2D eigenvalue weighted by Gasteiger charge is 2.59. The van der Waals surface area contributed by atoms with Gasteiger partial charge in [-0.3, -0.25) is 14.4 Å². The first-order valence-corrected chi connectivity index (χ1v) is 13.0. The lowest BCUT2D eigenvalue weighted by atomic mass is 9.48. The molecule has 198 valence electrons. The maximum Gasteiger partial charge on any atom is 0.311 e. The maximum absolute atomic E-state index is 13.5. The Bertz CT molecular complexity index is 1030. The Hall–Kier alpha value is -2.84. The van der Waals surface area contributed by atoms with Gasteiger partial charge >= 0.3 is 5.97 Å². The lowest BCUT2D eigenvalue weighted by molar-refractivity contribution is -0.170. The summed E-state index contributed by atoms with van der Waals surface area (Å²) in [4.78, 5) is 37.6. The molecule has 9 heteroatoms. The van der Waals surface area contributed by atoms with Gasteiger partial charge in [0, 0.05) is 19.2 Å². The molecule has 0 aliphatic heterocycles. The Morgan fingerprint density at radius 1 is 1.22 bits per heavy atom. The summed E-state index contributed by atoms with van der Waals surface area (Å²) in [5.74, 6) is 1.28. The Morgan fingerprint density at radius 2 is 1.89 bits per heavy atom. The predicted octanol–water partition coefficient (Wildman–Crippen LogP) is 3.40. The van der Waals surface area contributed by atoms with Crippen molar-refractivity contribution >= 4 is 24.0 Å². The van der Waals surface area contributed by atoms with Gasteiger partial charge in [0.25, 0.3) is 5.91 Å². The third-order valence-corrected chi connectivity index (χ3v) is 7.87. The van der Waals surface area contributed by atoms with Crippen LogP contribution in [0.4, 0.5) is 0 Å². The molecule has 4 saturated carbocycles.